The zero-order valence-corrected chi connectivity index (χ0v) is 27.2. The van der Waals surface area contributed by atoms with Gasteiger partial charge in [0.1, 0.15) is 18.2 Å². The Morgan fingerprint density at radius 2 is 1.79 bits per heavy atom. The average molecular weight is 602 g/mol. The van der Waals surface area contributed by atoms with Crippen molar-refractivity contribution in [2.75, 3.05) is 60.5 Å². The van der Waals surface area contributed by atoms with Crippen LogP contribution >= 0.6 is 0 Å². The van der Waals surface area contributed by atoms with Gasteiger partial charge in [-0.05, 0) is 83.8 Å². The SMILES string of the molecule is Cc1ccc(C(=O)N(C)CCC[C@H]2C(=O)N(C)CCCCC3(CCN(C(=O)OC(C)(C)C)CC3)COCC(=O)N2C)cn1. The minimum absolute atomic E-state index is 0.104. The number of likely N-dealkylation sites (tertiary alicyclic amines) is 1. The third-order valence-electron chi connectivity index (χ3n) is 8.56. The van der Waals surface area contributed by atoms with Crippen LogP contribution in [0, 0.1) is 12.3 Å². The second-order valence-corrected chi connectivity index (χ2v) is 13.3. The Morgan fingerprint density at radius 1 is 1.09 bits per heavy atom. The van der Waals surface area contributed by atoms with E-state index in [1.807, 2.05) is 27.7 Å². The van der Waals surface area contributed by atoms with Crippen LogP contribution in [0.4, 0.5) is 4.79 Å². The number of rotatable bonds is 5. The van der Waals surface area contributed by atoms with Crippen LogP contribution in [0.15, 0.2) is 18.3 Å². The summed E-state index contributed by atoms with van der Waals surface area (Å²) in [5, 5.41) is 0. The monoisotopic (exact) mass is 601 g/mol. The van der Waals surface area contributed by atoms with E-state index in [9.17, 15) is 19.2 Å². The van der Waals surface area contributed by atoms with Crippen molar-refractivity contribution in [3.8, 4) is 0 Å². The lowest BCUT2D eigenvalue weighted by molar-refractivity contribution is -0.147. The first-order valence-corrected chi connectivity index (χ1v) is 15.5. The number of hydrogen-bond donors (Lipinski definition) is 0. The highest BCUT2D eigenvalue weighted by Gasteiger charge is 2.38. The molecule has 2 saturated heterocycles. The van der Waals surface area contributed by atoms with Gasteiger partial charge >= 0.3 is 6.09 Å². The van der Waals surface area contributed by atoms with E-state index in [1.165, 1.54) is 4.90 Å². The first-order valence-electron chi connectivity index (χ1n) is 15.5. The Labute approximate surface area is 256 Å². The minimum atomic E-state index is -0.641. The van der Waals surface area contributed by atoms with Crippen LogP contribution in [-0.2, 0) is 19.1 Å². The molecule has 1 aromatic rings. The molecule has 2 aliphatic heterocycles. The Hall–Kier alpha value is -3.21. The summed E-state index contributed by atoms with van der Waals surface area (Å²) in [5.41, 5.74) is 0.692. The lowest BCUT2D eigenvalue weighted by atomic mass is 9.75. The van der Waals surface area contributed by atoms with E-state index in [2.05, 4.69) is 4.98 Å². The van der Waals surface area contributed by atoms with Gasteiger partial charge in [-0.25, -0.2) is 4.79 Å². The molecule has 0 unspecified atom stereocenters. The number of hydrogen-bond acceptors (Lipinski definition) is 7. The molecule has 11 heteroatoms. The minimum Gasteiger partial charge on any atom is -0.444 e. The van der Waals surface area contributed by atoms with Crippen molar-refractivity contribution in [3.63, 3.8) is 0 Å². The third-order valence-corrected chi connectivity index (χ3v) is 8.56. The van der Waals surface area contributed by atoms with Crippen molar-refractivity contribution in [1.29, 1.82) is 0 Å². The quantitative estimate of drug-likeness (QED) is 0.505. The molecule has 0 aromatic carbocycles. The molecule has 2 fully saturated rings. The normalized spacial score (nSPS) is 20.7. The van der Waals surface area contributed by atoms with E-state index in [4.69, 9.17) is 9.47 Å². The molecule has 2 aliphatic rings. The van der Waals surface area contributed by atoms with Gasteiger partial charge in [0.15, 0.2) is 0 Å². The topological polar surface area (TPSA) is 113 Å². The Balaban J connectivity index is 1.60. The maximum Gasteiger partial charge on any atom is 0.410 e. The van der Waals surface area contributed by atoms with E-state index in [0.29, 0.717) is 51.2 Å². The molecule has 0 aliphatic carbocycles. The van der Waals surface area contributed by atoms with Gasteiger partial charge in [-0.1, -0.05) is 6.42 Å². The molecule has 1 aromatic heterocycles. The highest BCUT2D eigenvalue weighted by molar-refractivity contribution is 5.93. The molecular formula is C32H51N5O6. The molecule has 240 valence electrons. The second kappa shape index (κ2) is 15.0. The summed E-state index contributed by atoms with van der Waals surface area (Å²) in [4.78, 5) is 62.9. The van der Waals surface area contributed by atoms with Gasteiger partial charge in [0, 0.05) is 59.2 Å². The Kier molecular flexibility index (Phi) is 12.0. The number of carbonyl (C=O) groups is 4. The van der Waals surface area contributed by atoms with Crippen LogP contribution in [0.5, 0.6) is 0 Å². The molecule has 0 N–H and O–H groups in total. The maximum absolute atomic E-state index is 13.5. The fraction of sp³-hybridized carbons (Fsp3) is 0.719. The van der Waals surface area contributed by atoms with E-state index < -0.39 is 11.6 Å². The van der Waals surface area contributed by atoms with Crippen molar-refractivity contribution >= 4 is 23.8 Å². The zero-order valence-electron chi connectivity index (χ0n) is 27.2. The van der Waals surface area contributed by atoms with E-state index in [1.54, 1.807) is 54.2 Å². The van der Waals surface area contributed by atoms with Crippen LogP contribution in [0.25, 0.3) is 0 Å². The summed E-state index contributed by atoms with van der Waals surface area (Å²) in [6.45, 7) is 10.0. The van der Waals surface area contributed by atoms with Crippen molar-refractivity contribution in [3.05, 3.63) is 29.6 Å². The number of amides is 4. The first kappa shape index (κ1) is 34.3. The van der Waals surface area contributed by atoms with Crippen LogP contribution in [0.2, 0.25) is 0 Å². The van der Waals surface area contributed by atoms with Crippen molar-refractivity contribution in [2.24, 2.45) is 5.41 Å². The van der Waals surface area contributed by atoms with E-state index >= 15 is 0 Å². The molecule has 1 atom stereocenters. The van der Waals surface area contributed by atoms with E-state index in [-0.39, 0.29) is 35.8 Å². The lowest BCUT2D eigenvalue weighted by Crippen LogP contribution is -2.50. The summed E-state index contributed by atoms with van der Waals surface area (Å²) < 4.78 is 11.6. The molecule has 0 saturated carbocycles. The van der Waals surface area contributed by atoms with Crippen LogP contribution < -0.4 is 0 Å². The van der Waals surface area contributed by atoms with Gasteiger partial charge in [-0.15, -0.1) is 0 Å². The molecule has 11 nitrogen and oxygen atoms in total. The maximum atomic E-state index is 13.5. The third kappa shape index (κ3) is 9.91. The van der Waals surface area contributed by atoms with Gasteiger partial charge < -0.3 is 29.1 Å². The number of nitrogens with zero attached hydrogens (tertiary/aromatic N) is 5. The predicted octanol–water partition coefficient (Wildman–Crippen LogP) is 3.75. The van der Waals surface area contributed by atoms with Crippen molar-refractivity contribution in [2.45, 2.75) is 84.3 Å². The first-order chi connectivity index (χ1) is 20.2. The number of likely N-dealkylation sites (N-methyl/N-ethyl adjacent to an activating group) is 2. The smallest absolute Gasteiger partial charge is 0.410 e. The van der Waals surface area contributed by atoms with Gasteiger partial charge in [-0.3, -0.25) is 19.4 Å². The van der Waals surface area contributed by atoms with Crippen molar-refractivity contribution < 1.29 is 28.7 Å². The van der Waals surface area contributed by atoms with Crippen LogP contribution in [0.3, 0.4) is 0 Å². The standard InChI is InChI=1S/C32H51N5O6/c1-24-12-13-25(21-33-24)28(39)34(5)18-10-11-26-29(40)35(6)17-9-8-14-32(23-42-22-27(38)36(26)7)15-19-37(20-16-32)30(41)43-31(2,3)4/h12-13,21,26H,8-11,14-20,22-23H2,1-7H3/t26-/m0/s1. The van der Waals surface area contributed by atoms with Crippen molar-refractivity contribution in [1.82, 2.24) is 24.6 Å². The lowest BCUT2D eigenvalue weighted by Gasteiger charge is -2.42. The van der Waals surface area contributed by atoms with Gasteiger partial charge in [-0.2, -0.15) is 0 Å². The molecule has 4 amide bonds. The second-order valence-electron chi connectivity index (χ2n) is 13.3. The summed E-state index contributed by atoms with van der Waals surface area (Å²) in [7, 11) is 5.18. The van der Waals surface area contributed by atoms with Gasteiger partial charge in [0.05, 0.1) is 12.2 Å². The molecule has 3 heterocycles. The number of aromatic nitrogens is 1. The summed E-state index contributed by atoms with van der Waals surface area (Å²) in [6, 6.07) is 2.92. The summed E-state index contributed by atoms with van der Waals surface area (Å²) >= 11 is 0. The molecule has 1 spiro atoms. The highest BCUT2D eigenvalue weighted by atomic mass is 16.6. The number of carbonyl (C=O) groups excluding carboxylic acids is 4. The molecule has 0 radical (unpaired) electrons. The Morgan fingerprint density at radius 3 is 2.42 bits per heavy atom. The van der Waals surface area contributed by atoms with E-state index in [0.717, 1.165) is 37.8 Å². The number of ether oxygens (including phenoxy) is 2. The summed E-state index contributed by atoms with van der Waals surface area (Å²) in [6.07, 6.45) is 6.48. The highest BCUT2D eigenvalue weighted by Crippen LogP contribution is 2.37. The Bertz CT molecular complexity index is 1110. The summed E-state index contributed by atoms with van der Waals surface area (Å²) in [5.74, 6) is -0.482. The molecule has 3 rings (SSSR count). The largest absolute Gasteiger partial charge is 0.444 e. The number of aryl methyl sites for hydroxylation is 1. The van der Waals surface area contributed by atoms with Gasteiger partial charge in [0.25, 0.3) is 5.91 Å². The predicted molar refractivity (Wildman–Crippen MR) is 164 cm³/mol. The average Bonchev–Trinajstić information content (AvgIpc) is 2.96. The van der Waals surface area contributed by atoms with Crippen LogP contribution in [0.1, 0.15) is 81.8 Å². The zero-order chi connectivity index (χ0) is 31.8. The van der Waals surface area contributed by atoms with Crippen LogP contribution in [-0.4, -0.2) is 121 Å². The fourth-order valence-corrected chi connectivity index (χ4v) is 5.72. The number of piperidine rings is 1. The number of pyridine rings is 1. The molecule has 0 bridgehead atoms. The van der Waals surface area contributed by atoms with Gasteiger partial charge in [0.2, 0.25) is 11.8 Å². The fourth-order valence-electron chi connectivity index (χ4n) is 5.72. The molecular weight excluding hydrogens is 550 g/mol. The molecule has 43 heavy (non-hydrogen) atoms.